The molecule has 0 saturated heterocycles. The number of rotatable bonds is 5. The van der Waals surface area contributed by atoms with E-state index in [4.69, 9.17) is 14.9 Å². The van der Waals surface area contributed by atoms with Gasteiger partial charge in [-0.15, -0.1) is 0 Å². The lowest BCUT2D eigenvalue weighted by Crippen LogP contribution is -2.18. The van der Waals surface area contributed by atoms with Crippen LogP contribution in [0.5, 0.6) is 0 Å². The van der Waals surface area contributed by atoms with Gasteiger partial charge in [0.05, 0.1) is 40.9 Å². The number of hydrogen-bond acceptors (Lipinski definition) is 12. The van der Waals surface area contributed by atoms with Gasteiger partial charge in [-0.1, -0.05) is 0 Å². The highest BCUT2D eigenvalue weighted by Gasteiger charge is 2.37. The highest BCUT2D eigenvalue weighted by Crippen LogP contribution is 2.25. The molecule has 12 nitrogen and oxygen atoms in total. The predicted octanol–water partition coefficient (Wildman–Crippen LogP) is -0.0930. The number of esters is 4. The minimum Gasteiger partial charge on any atom is -0.499 e. The van der Waals surface area contributed by atoms with Crippen LogP contribution in [0.3, 0.4) is 0 Å². The maximum atomic E-state index is 10.9. The van der Waals surface area contributed by atoms with Crippen molar-refractivity contribution in [1.82, 2.24) is 0 Å². The molecule has 0 radical (unpaired) electrons. The van der Waals surface area contributed by atoms with Crippen LogP contribution in [-0.4, -0.2) is 68.6 Å². The van der Waals surface area contributed by atoms with Gasteiger partial charge in [0.2, 0.25) is 17.3 Å². The highest BCUT2D eigenvalue weighted by atomic mass is 16.6. The van der Waals surface area contributed by atoms with Crippen molar-refractivity contribution >= 4 is 23.9 Å². The molecule has 0 aromatic rings. The van der Waals surface area contributed by atoms with Crippen LogP contribution in [0.4, 0.5) is 0 Å². The molecule has 28 heavy (non-hydrogen) atoms. The third kappa shape index (κ3) is 5.16. The number of cyclic esters (lactones) is 2. The molecule has 2 aliphatic rings. The Morgan fingerprint density at radius 3 is 2.14 bits per heavy atom. The summed E-state index contributed by atoms with van der Waals surface area (Å²) in [5, 5.41) is 18.2. The molecule has 1 unspecified atom stereocenters. The van der Waals surface area contributed by atoms with E-state index in [1.54, 1.807) is 0 Å². The number of aliphatic hydroxyl groups excluding tert-OH is 2. The molecule has 0 amide bonds. The second kappa shape index (κ2) is 9.85. The van der Waals surface area contributed by atoms with Crippen molar-refractivity contribution in [1.29, 1.82) is 0 Å². The van der Waals surface area contributed by atoms with Gasteiger partial charge in [-0.3, -0.25) is 4.79 Å². The Kier molecular flexibility index (Phi) is 7.86. The van der Waals surface area contributed by atoms with Crippen molar-refractivity contribution in [3.05, 3.63) is 34.9 Å². The fourth-order valence-electron chi connectivity index (χ4n) is 1.95. The maximum absolute atomic E-state index is 10.9. The zero-order chi connectivity index (χ0) is 21.4. The molecule has 12 heteroatoms. The first-order valence-electron chi connectivity index (χ1n) is 7.44. The Bertz CT molecular complexity index is 758. The van der Waals surface area contributed by atoms with Crippen LogP contribution in [0.1, 0.15) is 6.42 Å². The van der Waals surface area contributed by atoms with Crippen LogP contribution in [0, 0.1) is 0 Å². The molecule has 0 bridgehead atoms. The predicted molar refractivity (Wildman–Crippen MR) is 86.0 cm³/mol. The minimum atomic E-state index is -0.961. The number of ether oxygens (including phenoxy) is 6. The smallest absolute Gasteiger partial charge is 0.383 e. The van der Waals surface area contributed by atoms with E-state index in [0.717, 1.165) is 6.08 Å². The Balaban J connectivity index is 0.000000280. The minimum absolute atomic E-state index is 0.0413. The van der Waals surface area contributed by atoms with Crippen LogP contribution >= 0.6 is 0 Å². The zero-order valence-corrected chi connectivity index (χ0v) is 15.3. The Morgan fingerprint density at radius 1 is 1.00 bits per heavy atom. The van der Waals surface area contributed by atoms with Gasteiger partial charge >= 0.3 is 23.9 Å². The fourth-order valence-corrected chi connectivity index (χ4v) is 1.95. The van der Waals surface area contributed by atoms with E-state index in [9.17, 15) is 19.2 Å². The zero-order valence-electron chi connectivity index (χ0n) is 15.3. The summed E-state index contributed by atoms with van der Waals surface area (Å²) in [6.45, 7) is 0. The fraction of sp³-hybridized carbons (Fsp3) is 0.375. The lowest BCUT2D eigenvalue weighted by atomic mass is 10.2. The van der Waals surface area contributed by atoms with Gasteiger partial charge in [0.25, 0.3) is 0 Å². The molecule has 0 saturated carbocycles. The molecule has 0 aromatic heterocycles. The first kappa shape index (κ1) is 22.3. The lowest BCUT2D eigenvalue weighted by Gasteiger charge is -2.10. The number of methoxy groups -OCH3 is 4. The standard InChI is InChI=1S/C8H10O6.C8H8O6/c2*1-12-5(9)3-4-7(13-2)6(10)8(11)14-4/h4,10H,3H2,1-2H3;3,10H,1-2H3/b;4-3-. The molecular formula is C16H18O12. The van der Waals surface area contributed by atoms with Gasteiger partial charge in [0.15, 0.2) is 17.6 Å². The van der Waals surface area contributed by atoms with E-state index >= 15 is 0 Å². The van der Waals surface area contributed by atoms with Gasteiger partial charge in [0, 0.05) is 0 Å². The normalized spacial score (nSPS) is 19.6. The molecule has 1 atom stereocenters. The first-order chi connectivity index (χ1) is 13.2. The number of carbonyl (C=O) groups is 4. The van der Waals surface area contributed by atoms with Gasteiger partial charge < -0.3 is 38.6 Å². The average molecular weight is 402 g/mol. The summed E-state index contributed by atoms with van der Waals surface area (Å²) in [6, 6.07) is 0. The van der Waals surface area contributed by atoms with Crippen LogP contribution in [0.2, 0.25) is 0 Å². The number of carbonyl (C=O) groups excluding carboxylic acids is 4. The molecule has 0 aromatic carbocycles. The molecule has 154 valence electrons. The Labute approximate surface area is 158 Å². The van der Waals surface area contributed by atoms with Crippen molar-refractivity contribution in [3.8, 4) is 0 Å². The molecule has 0 aliphatic carbocycles. The molecule has 2 heterocycles. The van der Waals surface area contributed by atoms with Crippen molar-refractivity contribution < 1.29 is 57.8 Å². The van der Waals surface area contributed by atoms with E-state index in [2.05, 4.69) is 23.7 Å². The summed E-state index contributed by atoms with van der Waals surface area (Å²) >= 11 is 0. The van der Waals surface area contributed by atoms with Gasteiger partial charge in [-0.2, -0.15) is 0 Å². The topological polar surface area (TPSA) is 164 Å². The summed E-state index contributed by atoms with van der Waals surface area (Å²) in [5.74, 6) is -4.76. The van der Waals surface area contributed by atoms with Crippen LogP contribution in [0.15, 0.2) is 34.9 Å². The van der Waals surface area contributed by atoms with E-state index in [0.29, 0.717) is 0 Å². The first-order valence-corrected chi connectivity index (χ1v) is 7.44. The van der Waals surface area contributed by atoms with Gasteiger partial charge in [-0.25, -0.2) is 14.4 Å². The van der Waals surface area contributed by atoms with Crippen LogP contribution < -0.4 is 0 Å². The summed E-state index contributed by atoms with van der Waals surface area (Å²) in [5.41, 5.74) is 0. The van der Waals surface area contributed by atoms with E-state index in [1.165, 1.54) is 28.4 Å². The Hall–Kier alpha value is -3.70. The maximum Gasteiger partial charge on any atom is 0.383 e. The van der Waals surface area contributed by atoms with Crippen molar-refractivity contribution in [2.75, 3.05) is 28.4 Å². The lowest BCUT2D eigenvalue weighted by molar-refractivity contribution is -0.148. The second-order valence-corrected chi connectivity index (χ2v) is 4.89. The SMILES string of the molecule is COC(=O)/C=C1\OC(=O)C(O)=C1OC.COC(=O)CC1OC(=O)C(O)=C1OC. The molecular weight excluding hydrogens is 384 g/mol. The van der Waals surface area contributed by atoms with Crippen molar-refractivity contribution in [2.45, 2.75) is 12.5 Å². The van der Waals surface area contributed by atoms with Crippen LogP contribution in [0.25, 0.3) is 0 Å². The monoisotopic (exact) mass is 402 g/mol. The Morgan fingerprint density at radius 2 is 1.64 bits per heavy atom. The number of aliphatic hydroxyl groups is 2. The van der Waals surface area contributed by atoms with Gasteiger partial charge in [0.1, 0.15) is 0 Å². The van der Waals surface area contributed by atoms with E-state index in [-0.39, 0.29) is 23.7 Å². The van der Waals surface area contributed by atoms with Gasteiger partial charge in [-0.05, 0) is 0 Å². The summed E-state index contributed by atoms with van der Waals surface area (Å²) in [7, 11) is 4.90. The van der Waals surface area contributed by atoms with Crippen LogP contribution in [-0.2, 0) is 47.6 Å². The third-order valence-corrected chi connectivity index (χ3v) is 3.26. The molecule has 0 spiro atoms. The molecule has 2 rings (SSSR count). The number of hydrogen-bond donors (Lipinski definition) is 2. The van der Waals surface area contributed by atoms with Crippen molar-refractivity contribution in [3.63, 3.8) is 0 Å². The molecule has 0 fully saturated rings. The van der Waals surface area contributed by atoms with Crippen molar-refractivity contribution in [2.24, 2.45) is 0 Å². The van der Waals surface area contributed by atoms with E-state index in [1.807, 2.05) is 0 Å². The second-order valence-electron chi connectivity index (χ2n) is 4.89. The molecule has 2 N–H and O–H groups in total. The quantitative estimate of drug-likeness (QED) is 0.357. The molecule has 2 aliphatic heterocycles. The van der Waals surface area contributed by atoms with E-state index < -0.39 is 41.5 Å². The summed E-state index contributed by atoms with van der Waals surface area (Å²) in [4.78, 5) is 43.3. The summed E-state index contributed by atoms with van der Waals surface area (Å²) < 4.78 is 27.3. The highest BCUT2D eigenvalue weighted by molar-refractivity contribution is 5.93. The summed E-state index contributed by atoms with van der Waals surface area (Å²) in [6.07, 6.45) is -0.157. The largest absolute Gasteiger partial charge is 0.499 e. The third-order valence-electron chi connectivity index (χ3n) is 3.26. The average Bonchev–Trinajstić information content (AvgIpc) is 3.09.